The van der Waals surface area contributed by atoms with Crippen molar-refractivity contribution in [2.75, 3.05) is 44.2 Å². The molecule has 0 radical (unpaired) electrons. The van der Waals surface area contributed by atoms with Gasteiger partial charge in [-0.15, -0.1) is 0 Å². The predicted molar refractivity (Wildman–Crippen MR) is 133 cm³/mol. The maximum atomic E-state index is 12.7. The van der Waals surface area contributed by atoms with Gasteiger partial charge in [-0.3, -0.25) is 9.48 Å². The molecule has 2 aliphatic rings. The van der Waals surface area contributed by atoms with Gasteiger partial charge in [-0.1, -0.05) is 0 Å². The summed E-state index contributed by atoms with van der Waals surface area (Å²) in [7, 11) is 1.86. The molecule has 0 unspecified atom stereocenters. The van der Waals surface area contributed by atoms with Crippen LogP contribution in [0.3, 0.4) is 0 Å². The number of nitriles is 1. The number of aromatic nitrogens is 6. The standard InChI is InChI=1S/C25H26N10O/c1-32-15-20(14-29-32)21-16-35-24(19(10-26)13-30-35)23(31-21)17-2-3-22(28-12-17)33-6-8-34(9-7-33)25(36)18-4-5-27-11-18/h2-3,12-16,18,27H,4-9,11H2,1H3/t18-/m0/s1. The average Bonchev–Trinajstić information content (AvgIpc) is 3.69. The van der Waals surface area contributed by atoms with Crippen LogP contribution in [0.2, 0.25) is 0 Å². The fourth-order valence-electron chi connectivity index (χ4n) is 4.98. The summed E-state index contributed by atoms with van der Waals surface area (Å²) in [5, 5.41) is 21.5. The van der Waals surface area contributed by atoms with Crippen molar-refractivity contribution in [3.05, 3.63) is 48.7 Å². The molecule has 1 amide bonds. The van der Waals surface area contributed by atoms with E-state index in [1.165, 1.54) is 0 Å². The Morgan fingerprint density at radius 2 is 1.94 bits per heavy atom. The number of carbonyl (C=O) groups is 1. The van der Waals surface area contributed by atoms with Crippen molar-refractivity contribution in [1.82, 2.24) is 39.6 Å². The monoisotopic (exact) mass is 482 g/mol. The summed E-state index contributed by atoms with van der Waals surface area (Å²) in [5.41, 5.74) is 4.12. The first kappa shape index (κ1) is 22.2. The third-order valence-corrected chi connectivity index (χ3v) is 6.96. The minimum Gasteiger partial charge on any atom is -0.353 e. The molecule has 36 heavy (non-hydrogen) atoms. The quantitative estimate of drug-likeness (QED) is 0.463. The molecule has 182 valence electrons. The molecule has 0 aliphatic carbocycles. The zero-order valence-electron chi connectivity index (χ0n) is 20.0. The topological polar surface area (TPSA) is 120 Å². The minimum atomic E-state index is 0.113. The van der Waals surface area contributed by atoms with Gasteiger partial charge in [0.15, 0.2) is 0 Å². The fourth-order valence-corrected chi connectivity index (χ4v) is 4.98. The summed E-state index contributed by atoms with van der Waals surface area (Å²) < 4.78 is 3.41. The molecule has 11 heteroatoms. The Morgan fingerprint density at radius 3 is 2.61 bits per heavy atom. The number of hydrogen-bond donors (Lipinski definition) is 1. The summed E-state index contributed by atoms with van der Waals surface area (Å²) in [6, 6.07) is 6.17. The lowest BCUT2D eigenvalue weighted by Crippen LogP contribution is -2.50. The maximum absolute atomic E-state index is 12.7. The van der Waals surface area contributed by atoms with Crippen LogP contribution in [0.25, 0.3) is 28.0 Å². The second kappa shape index (κ2) is 9.05. The lowest BCUT2D eigenvalue weighted by Gasteiger charge is -2.36. The van der Waals surface area contributed by atoms with E-state index in [9.17, 15) is 10.1 Å². The van der Waals surface area contributed by atoms with Crippen LogP contribution in [0.4, 0.5) is 5.82 Å². The number of amides is 1. The first-order valence-corrected chi connectivity index (χ1v) is 12.1. The Labute approximate surface area is 208 Å². The molecule has 11 nitrogen and oxygen atoms in total. The van der Waals surface area contributed by atoms with Crippen LogP contribution < -0.4 is 10.2 Å². The van der Waals surface area contributed by atoms with Gasteiger partial charge in [-0.05, 0) is 25.1 Å². The van der Waals surface area contributed by atoms with Gasteiger partial charge in [0, 0.05) is 63.3 Å². The number of pyridine rings is 1. The minimum absolute atomic E-state index is 0.113. The van der Waals surface area contributed by atoms with Crippen molar-refractivity contribution < 1.29 is 4.79 Å². The highest BCUT2D eigenvalue weighted by Gasteiger charge is 2.29. The van der Waals surface area contributed by atoms with Crippen LogP contribution >= 0.6 is 0 Å². The number of carbonyl (C=O) groups excluding carboxylic acids is 1. The molecule has 2 fully saturated rings. The fraction of sp³-hybridized carbons (Fsp3) is 0.360. The Kier molecular flexibility index (Phi) is 5.58. The van der Waals surface area contributed by atoms with Crippen molar-refractivity contribution in [2.45, 2.75) is 6.42 Å². The van der Waals surface area contributed by atoms with Gasteiger partial charge in [-0.2, -0.15) is 15.5 Å². The molecule has 0 aromatic carbocycles. The van der Waals surface area contributed by atoms with Gasteiger partial charge < -0.3 is 15.1 Å². The van der Waals surface area contributed by atoms with Crippen molar-refractivity contribution in [1.29, 1.82) is 5.26 Å². The van der Waals surface area contributed by atoms with E-state index in [1.807, 2.05) is 30.3 Å². The van der Waals surface area contributed by atoms with Crippen LogP contribution in [0.5, 0.6) is 0 Å². The lowest BCUT2D eigenvalue weighted by molar-refractivity contribution is -0.135. The highest BCUT2D eigenvalue weighted by molar-refractivity contribution is 5.83. The molecule has 1 atom stereocenters. The Morgan fingerprint density at radius 1 is 1.08 bits per heavy atom. The largest absolute Gasteiger partial charge is 0.353 e. The van der Waals surface area contributed by atoms with Crippen molar-refractivity contribution in [3.63, 3.8) is 0 Å². The highest BCUT2D eigenvalue weighted by Crippen LogP contribution is 2.29. The SMILES string of the molecule is Cn1cc(-c2cn3ncc(C#N)c3c(-c3ccc(N4CCN(C(=O)[C@H]5CCNC5)CC4)nc3)n2)cn1. The Hall–Kier alpha value is -4.30. The zero-order valence-corrected chi connectivity index (χ0v) is 20.0. The first-order valence-electron chi connectivity index (χ1n) is 12.1. The number of nitrogens with one attached hydrogen (secondary N) is 1. The van der Waals surface area contributed by atoms with Crippen LogP contribution in [0.15, 0.2) is 43.1 Å². The molecule has 4 aromatic heterocycles. The third-order valence-electron chi connectivity index (χ3n) is 6.96. The van der Waals surface area contributed by atoms with E-state index in [4.69, 9.17) is 9.97 Å². The summed E-state index contributed by atoms with van der Waals surface area (Å²) in [5.74, 6) is 1.24. The molecular weight excluding hydrogens is 456 g/mol. The molecule has 6 rings (SSSR count). The summed E-state index contributed by atoms with van der Waals surface area (Å²) in [4.78, 5) is 26.5. The second-order valence-corrected chi connectivity index (χ2v) is 9.25. The second-order valence-electron chi connectivity index (χ2n) is 9.25. The van der Waals surface area contributed by atoms with Crippen molar-refractivity contribution in [2.24, 2.45) is 13.0 Å². The number of aryl methyl sites for hydroxylation is 1. The van der Waals surface area contributed by atoms with Crippen molar-refractivity contribution in [3.8, 4) is 28.6 Å². The smallest absolute Gasteiger partial charge is 0.227 e. The molecule has 2 aliphatic heterocycles. The molecule has 6 heterocycles. The number of hydrogen-bond acceptors (Lipinski definition) is 8. The lowest BCUT2D eigenvalue weighted by atomic mass is 10.1. The Balaban J connectivity index is 1.25. The third kappa shape index (κ3) is 3.95. The van der Waals surface area contributed by atoms with E-state index in [1.54, 1.807) is 34.0 Å². The number of fused-ring (bicyclic) bond motifs is 1. The molecule has 1 N–H and O–H groups in total. The number of nitrogens with zero attached hydrogens (tertiary/aromatic N) is 9. The summed E-state index contributed by atoms with van der Waals surface area (Å²) >= 11 is 0. The van der Waals surface area contributed by atoms with E-state index >= 15 is 0 Å². The van der Waals surface area contributed by atoms with E-state index < -0.39 is 0 Å². The first-order chi connectivity index (χ1) is 17.6. The molecule has 0 saturated carbocycles. The predicted octanol–water partition coefficient (Wildman–Crippen LogP) is 1.32. The maximum Gasteiger partial charge on any atom is 0.227 e. The molecule has 2 saturated heterocycles. The van der Waals surface area contributed by atoms with Crippen LogP contribution in [0.1, 0.15) is 12.0 Å². The molecule has 0 bridgehead atoms. The number of rotatable bonds is 4. The van der Waals surface area contributed by atoms with Crippen LogP contribution in [-0.2, 0) is 11.8 Å². The molecule has 4 aromatic rings. The van der Waals surface area contributed by atoms with E-state index in [0.29, 0.717) is 35.6 Å². The molecular formula is C25H26N10O. The van der Waals surface area contributed by atoms with Gasteiger partial charge in [0.05, 0.1) is 35.9 Å². The summed E-state index contributed by atoms with van der Waals surface area (Å²) in [6.45, 7) is 4.62. The van der Waals surface area contributed by atoms with Gasteiger partial charge in [0.1, 0.15) is 23.0 Å². The van der Waals surface area contributed by atoms with E-state index in [-0.39, 0.29) is 11.8 Å². The zero-order chi connectivity index (χ0) is 24.6. The van der Waals surface area contributed by atoms with Crippen molar-refractivity contribution >= 4 is 17.2 Å². The highest BCUT2D eigenvalue weighted by atomic mass is 16.2. The van der Waals surface area contributed by atoms with E-state index in [0.717, 1.165) is 49.5 Å². The van der Waals surface area contributed by atoms with Crippen LogP contribution in [-0.4, -0.2) is 79.4 Å². The van der Waals surface area contributed by atoms with Gasteiger partial charge in [0.25, 0.3) is 0 Å². The van der Waals surface area contributed by atoms with Gasteiger partial charge in [-0.25, -0.2) is 14.5 Å². The number of anilines is 1. The Bertz CT molecular complexity index is 1450. The average molecular weight is 483 g/mol. The molecule has 0 spiro atoms. The van der Waals surface area contributed by atoms with E-state index in [2.05, 4.69) is 26.5 Å². The van der Waals surface area contributed by atoms with Crippen LogP contribution in [0, 0.1) is 17.2 Å². The number of piperazine rings is 1. The van der Waals surface area contributed by atoms with Gasteiger partial charge >= 0.3 is 0 Å². The van der Waals surface area contributed by atoms with Gasteiger partial charge in [0.2, 0.25) is 5.91 Å². The normalized spacial score (nSPS) is 18.1. The summed E-state index contributed by atoms with van der Waals surface area (Å²) in [6.07, 6.45) is 9.72.